The molecule has 0 spiro atoms. The Bertz CT molecular complexity index is 1030. The molecule has 1 amide bonds. The molecule has 6 nitrogen and oxygen atoms in total. The number of fused-ring (bicyclic) bond motifs is 2. The summed E-state index contributed by atoms with van der Waals surface area (Å²) >= 11 is 3.24. The fourth-order valence-electron chi connectivity index (χ4n) is 2.93. The molecular formula is C19H16BrFN4O2. The van der Waals surface area contributed by atoms with E-state index in [-0.39, 0.29) is 18.3 Å². The Balaban J connectivity index is 1.60. The fraction of sp³-hybridized carbons (Fsp3) is 0.211. The third-order valence-corrected chi connectivity index (χ3v) is 4.98. The van der Waals surface area contributed by atoms with Gasteiger partial charge in [-0.3, -0.25) is 9.69 Å². The predicted octanol–water partition coefficient (Wildman–Crippen LogP) is 3.39. The van der Waals surface area contributed by atoms with E-state index in [9.17, 15) is 9.18 Å². The van der Waals surface area contributed by atoms with Gasteiger partial charge in [-0.15, -0.1) is 0 Å². The van der Waals surface area contributed by atoms with E-state index in [1.165, 1.54) is 18.2 Å². The van der Waals surface area contributed by atoms with Gasteiger partial charge in [-0.2, -0.15) is 0 Å². The summed E-state index contributed by atoms with van der Waals surface area (Å²) in [6.07, 6.45) is 0. The maximum atomic E-state index is 13.2. The molecule has 1 aliphatic heterocycles. The highest BCUT2D eigenvalue weighted by Crippen LogP contribution is 2.31. The Hall–Kier alpha value is -2.74. The van der Waals surface area contributed by atoms with Gasteiger partial charge in [0.1, 0.15) is 11.6 Å². The molecule has 2 aromatic carbocycles. The van der Waals surface area contributed by atoms with E-state index in [1.54, 1.807) is 4.90 Å². The van der Waals surface area contributed by atoms with Gasteiger partial charge in [-0.1, -0.05) is 12.1 Å². The van der Waals surface area contributed by atoms with Crippen LogP contribution in [0.4, 0.5) is 16.0 Å². The zero-order valence-electron chi connectivity index (χ0n) is 14.5. The van der Waals surface area contributed by atoms with Gasteiger partial charge < -0.3 is 9.64 Å². The van der Waals surface area contributed by atoms with Crippen molar-refractivity contribution in [2.24, 2.45) is 0 Å². The van der Waals surface area contributed by atoms with Crippen LogP contribution < -0.4 is 14.5 Å². The van der Waals surface area contributed by atoms with Crippen LogP contribution in [-0.4, -0.2) is 42.6 Å². The lowest BCUT2D eigenvalue weighted by Crippen LogP contribution is -2.45. The van der Waals surface area contributed by atoms with Gasteiger partial charge in [-0.25, -0.2) is 14.4 Å². The Morgan fingerprint density at radius 3 is 2.56 bits per heavy atom. The molecule has 1 aliphatic rings. The number of likely N-dealkylation sites (N-methyl/N-ethyl adjacent to an activating group) is 1. The van der Waals surface area contributed by atoms with E-state index in [0.29, 0.717) is 34.9 Å². The number of aromatic nitrogens is 2. The van der Waals surface area contributed by atoms with E-state index in [1.807, 2.05) is 36.2 Å². The number of rotatable bonds is 3. The van der Waals surface area contributed by atoms with E-state index >= 15 is 0 Å². The summed E-state index contributed by atoms with van der Waals surface area (Å²) in [5.74, 6) is 0.982. The third kappa shape index (κ3) is 3.44. The second-order valence-corrected chi connectivity index (χ2v) is 7.04. The van der Waals surface area contributed by atoms with E-state index < -0.39 is 0 Å². The molecule has 3 aromatic rings. The summed E-state index contributed by atoms with van der Waals surface area (Å²) in [7, 11) is 1.93. The second kappa shape index (κ2) is 7.11. The Morgan fingerprint density at radius 2 is 1.85 bits per heavy atom. The van der Waals surface area contributed by atoms with Crippen LogP contribution in [0.5, 0.6) is 5.75 Å². The van der Waals surface area contributed by atoms with Crippen molar-refractivity contribution >= 4 is 44.5 Å². The van der Waals surface area contributed by atoms with Crippen LogP contribution in [0.25, 0.3) is 11.0 Å². The standard InChI is InChI=1S/C19H16BrFN4O2/c1-24-8-9-25(17(26)11-27-16-7-6-12(21)10-13(16)20)19-18(24)22-14-4-2-3-5-15(14)23-19/h2-7,10H,8-9,11H2,1H3. The number of para-hydroxylation sites is 2. The molecule has 0 aliphatic carbocycles. The third-order valence-electron chi connectivity index (χ3n) is 4.36. The van der Waals surface area contributed by atoms with Crippen molar-refractivity contribution in [3.63, 3.8) is 0 Å². The number of carbonyl (C=O) groups is 1. The van der Waals surface area contributed by atoms with Gasteiger partial charge in [0.15, 0.2) is 18.2 Å². The number of nitrogens with zero attached hydrogens (tertiary/aromatic N) is 4. The SMILES string of the molecule is CN1CCN(C(=O)COc2ccc(F)cc2Br)c2nc3ccccc3nc21. The van der Waals surface area contributed by atoms with Crippen molar-refractivity contribution in [1.82, 2.24) is 9.97 Å². The minimum absolute atomic E-state index is 0.179. The molecule has 2 heterocycles. The zero-order valence-corrected chi connectivity index (χ0v) is 16.1. The predicted molar refractivity (Wildman–Crippen MR) is 105 cm³/mol. The maximum absolute atomic E-state index is 13.2. The summed E-state index contributed by atoms with van der Waals surface area (Å²) in [6, 6.07) is 11.6. The summed E-state index contributed by atoms with van der Waals surface area (Å²) in [5, 5.41) is 0. The van der Waals surface area contributed by atoms with Crippen molar-refractivity contribution in [3.8, 4) is 5.75 Å². The van der Waals surface area contributed by atoms with Crippen molar-refractivity contribution in [2.75, 3.05) is 36.5 Å². The molecule has 4 rings (SSSR count). The largest absolute Gasteiger partial charge is 0.483 e. The van der Waals surface area contributed by atoms with Crippen LogP contribution in [0.1, 0.15) is 0 Å². The van der Waals surface area contributed by atoms with E-state index in [2.05, 4.69) is 25.9 Å². The highest BCUT2D eigenvalue weighted by atomic mass is 79.9. The molecule has 0 N–H and O–H groups in total. The van der Waals surface area contributed by atoms with Gasteiger partial charge >= 0.3 is 0 Å². The molecule has 27 heavy (non-hydrogen) atoms. The molecule has 0 unspecified atom stereocenters. The van der Waals surface area contributed by atoms with Crippen molar-refractivity contribution in [1.29, 1.82) is 0 Å². The van der Waals surface area contributed by atoms with E-state index in [4.69, 9.17) is 4.74 Å². The van der Waals surface area contributed by atoms with Crippen LogP contribution >= 0.6 is 15.9 Å². The first-order valence-corrected chi connectivity index (χ1v) is 9.18. The van der Waals surface area contributed by atoms with Gasteiger partial charge in [0.25, 0.3) is 5.91 Å². The average molecular weight is 431 g/mol. The number of hydrogen-bond acceptors (Lipinski definition) is 5. The number of hydrogen-bond donors (Lipinski definition) is 0. The Morgan fingerprint density at radius 1 is 1.15 bits per heavy atom. The van der Waals surface area contributed by atoms with Crippen LogP contribution in [0.3, 0.4) is 0 Å². The minimum Gasteiger partial charge on any atom is -0.483 e. The second-order valence-electron chi connectivity index (χ2n) is 6.19. The smallest absolute Gasteiger partial charge is 0.266 e. The molecule has 138 valence electrons. The van der Waals surface area contributed by atoms with Crippen molar-refractivity contribution < 1.29 is 13.9 Å². The molecule has 0 fully saturated rings. The van der Waals surface area contributed by atoms with Crippen LogP contribution in [0.15, 0.2) is 46.9 Å². The summed E-state index contributed by atoms with van der Waals surface area (Å²) in [6.45, 7) is 0.956. The maximum Gasteiger partial charge on any atom is 0.266 e. The van der Waals surface area contributed by atoms with Crippen LogP contribution in [0.2, 0.25) is 0 Å². The highest BCUT2D eigenvalue weighted by Gasteiger charge is 2.28. The van der Waals surface area contributed by atoms with E-state index in [0.717, 1.165) is 11.0 Å². The molecular weight excluding hydrogens is 415 g/mol. The molecule has 0 radical (unpaired) electrons. The highest BCUT2D eigenvalue weighted by molar-refractivity contribution is 9.10. The van der Waals surface area contributed by atoms with Gasteiger partial charge in [0.05, 0.1) is 15.5 Å². The average Bonchev–Trinajstić information content (AvgIpc) is 2.66. The molecule has 0 atom stereocenters. The van der Waals surface area contributed by atoms with Crippen LogP contribution in [-0.2, 0) is 4.79 Å². The first kappa shape index (κ1) is 17.7. The number of carbonyl (C=O) groups excluding carboxylic acids is 1. The number of anilines is 2. The van der Waals surface area contributed by atoms with Crippen LogP contribution in [0, 0.1) is 5.82 Å². The molecule has 0 saturated heterocycles. The number of amides is 1. The first-order chi connectivity index (χ1) is 13.0. The zero-order chi connectivity index (χ0) is 19.0. The van der Waals surface area contributed by atoms with Crippen molar-refractivity contribution in [2.45, 2.75) is 0 Å². The number of ether oxygens (including phenoxy) is 1. The summed E-state index contributed by atoms with van der Waals surface area (Å²) in [4.78, 5) is 25.6. The first-order valence-electron chi connectivity index (χ1n) is 8.39. The number of benzene rings is 2. The Kier molecular flexibility index (Phi) is 4.65. The molecule has 8 heteroatoms. The minimum atomic E-state index is -0.379. The molecule has 0 bridgehead atoms. The number of halogens is 2. The summed E-state index contributed by atoms with van der Waals surface area (Å²) < 4.78 is 19.2. The lowest BCUT2D eigenvalue weighted by molar-refractivity contribution is -0.120. The molecule has 0 saturated carbocycles. The Labute approximate surface area is 163 Å². The quantitative estimate of drug-likeness (QED) is 0.637. The topological polar surface area (TPSA) is 58.6 Å². The monoisotopic (exact) mass is 430 g/mol. The lowest BCUT2D eigenvalue weighted by Gasteiger charge is -2.33. The van der Waals surface area contributed by atoms with Gasteiger partial charge in [-0.05, 0) is 46.3 Å². The van der Waals surface area contributed by atoms with Crippen molar-refractivity contribution in [3.05, 3.63) is 52.8 Å². The van der Waals surface area contributed by atoms with Gasteiger partial charge in [0.2, 0.25) is 0 Å². The summed E-state index contributed by atoms with van der Waals surface area (Å²) in [5.41, 5.74) is 1.51. The lowest BCUT2D eigenvalue weighted by atomic mass is 10.2. The van der Waals surface area contributed by atoms with Gasteiger partial charge in [0, 0.05) is 20.1 Å². The fourth-order valence-corrected chi connectivity index (χ4v) is 3.40. The molecule has 1 aromatic heterocycles. The normalized spacial score (nSPS) is 13.6.